The maximum Gasteiger partial charge on any atom is 0.253 e. The minimum Gasteiger partial charge on any atom is -0.376 e. The van der Waals surface area contributed by atoms with Crippen LogP contribution in [0.3, 0.4) is 0 Å². The van der Waals surface area contributed by atoms with Crippen molar-refractivity contribution < 1.29 is 4.39 Å². The van der Waals surface area contributed by atoms with Crippen LogP contribution >= 0.6 is 0 Å². The second-order valence-corrected chi connectivity index (χ2v) is 7.46. The maximum absolute atomic E-state index is 13.1. The molecular weight excluding hydrogens is 373 g/mol. The molecule has 2 heterocycles. The van der Waals surface area contributed by atoms with Gasteiger partial charge in [-0.1, -0.05) is 0 Å². The molecule has 0 unspecified atom stereocenters. The second-order valence-electron chi connectivity index (χ2n) is 7.46. The number of hydrogen-bond acceptors (Lipinski definition) is 6. The van der Waals surface area contributed by atoms with Crippen LogP contribution in [0.4, 0.5) is 21.5 Å². The van der Waals surface area contributed by atoms with E-state index in [4.69, 9.17) is 0 Å². The van der Waals surface area contributed by atoms with Crippen molar-refractivity contribution >= 4 is 17.1 Å². The molecule has 1 fully saturated rings. The van der Waals surface area contributed by atoms with E-state index in [0.29, 0.717) is 44.1 Å². The van der Waals surface area contributed by atoms with Gasteiger partial charge in [-0.05, 0) is 38.1 Å². The van der Waals surface area contributed by atoms with Crippen molar-refractivity contribution in [2.45, 2.75) is 20.4 Å². The van der Waals surface area contributed by atoms with Gasteiger partial charge in [0, 0.05) is 56.7 Å². The normalized spacial score (nSPS) is 14.6. The van der Waals surface area contributed by atoms with E-state index < -0.39 is 10.9 Å². The van der Waals surface area contributed by atoms with Crippen LogP contribution in [0.25, 0.3) is 0 Å². The molecule has 1 aromatic heterocycles. The number of halogens is 1. The highest BCUT2D eigenvalue weighted by Crippen LogP contribution is 2.25. The molecule has 152 valence electrons. The molecule has 0 radical (unpaired) electrons. The molecule has 1 saturated heterocycles. The molecular formula is C21H24FN5O2. The van der Waals surface area contributed by atoms with E-state index in [-0.39, 0.29) is 5.82 Å². The van der Waals surface area contributed by atoms with Crippen molar-refractivity contribution in [3.05, 3.63) is 67.5 Å². The predicted octanol–water partition coefficient (Wildman–Crippen LogP) is 1.71. The standard InChI is InChI=1S/C21H24FN5O2/c1-13-17(14(2)25(3)24-13)12-23-18-19(21(29)20(18)28)27-10-8-26(9-11-27)16-6-4-15(22)5-7-16/h4-7,23H,8-12H2,1-3H3. The zero-order chi connectivity index (χ0) is 20.7. The molecule has 7 nitrogen and oxygen atoms in total. The lowest BCUT2D eigenvalue weighted by Gasteiger charge is -2.38. The first-order chi connectivity index (χ1) is 13.9. The smallest absolute Gasteiger partial charge is 0.253 e. The molecule has 1 aliphatic heterocycles. The van der Waals surface area contributed by atoms with Crippen LogP contribution in [0.1, 0.15) is 17.0 Å². The Morgan fingerprint density at radius 1 is 1.00 bits per heavy atom. The quantitative estimate of drug-likeness (QED) is 0.661. The van der Waals surface area contributed by atoms with Crippen LogP contribution in [0.5, 0.6) is 0 Å². The molecule has 3 aromatic rings. The number of anilines is 3. The van der Waals surface area contributed by atoms with Crippen LogP contribution in [0, 0.1) is 19.7 Å². The van der Waals surface area contributed by atoms with Crippen molar-refractivity contribution in [3.63, 3.8) is 0 Å². The Morgan fingerprint density at radius 2 is 1.62 bits per heavy atom. The van der Waals surface area contributed by atoms with E-state index in [1.54, 1.807) is 12.1 Å². The molecule has 0 bridgehead atoms. The van der Waals surface area contributed by atoms with E-state index in [1.807, 2.05) is 30.5 Å². The van der Waals surface area contributed by atoms with Crippen molar-refractivity contribution in [1.82, 2.24) is 9.78 Å². The summed E-state index contributed by atoms with van der Waals surface area (Å²) >= 11 is 0. The number of aryl methyl sites for hydroxylation is 2. The van der Waals surface area contributed by atoms with Crippen LogP contribution < -0.4 is 26.0 Å². The Labute approximate surface area is 168 Å². The Hall–Kier alpha value is -3.16. The van der Waals surface area contributed by atoms with Gasteiger partial charge in [-0.2, -0.15) is 5.10 Å². The number of aromatic nitrogens is 2. The van der Waals surface area contributed by atoms with Crippen molar-refractivity contribution in [3.8, 4) is 0 Å². The van der Waals surface area contributed by atoms with Gasteiger partial charge in [0.2, 0.25) is 0 Å². The van der Waals surface area contributed by atoms with Gasteiger partial charge in [0.1, 0.15) is 17.2 Å². The first-order valence-corrected chi connectivity index (χ1v) is 9.68. The van der Waals surface area contributed by atoms with Gasteiger partial charge in [-0.15, -0.1) is 0 Å². The SMILES string of the molecule is Cc1nn(C)c(C)c1CNc1c(N2CCN(c3ccc(F)cc3)CC2)c(=O)c1=O. The van der Waals surface area contributed by atoms with Gasteiger partial charge in [-0.3, -0.25) is 14.3 Å². The number of nitrogens with zero attached hydrogens (tertiary/aromatic N) is 4. The molecule has 0 amide bonds. The summed E-state index contributed by atoms with van der Waals surface area (Å²) in [5, 5.41) is 7.55. The van der Waals surface area contributed by atoms with E-state index in [9.17, 15) is 14.0 Å². The summed E-state index contributed by atoms with van der Waals surface area (Å²) in [6, 6.07) is 6.41. The van der Waals surface area contributed by atoms with Gasteiger partial charge >= 0.3 is 0 Å². The third-order valence-corrected chi connectivity index (χ3v) is 5.77. The first-order valence-electron chi connectivity index (χ1n) is 9.68. The zero-order valence-electron chi connectivity index (χ0n) is 16.8. The van der Waals surface area contributed by atoms with E-state index in [2.05, 4.69) is 15.3 Å². The minimum absolute atomic E-state index is 0.258. The summed E-state index contributed by atoms with van der Waals surface area (Å²) in [6.07, 6.45) is 0. The van der Waals surface area contributed by atoms with Crippen LogP contribution in [-0.2, 0) is 13.6 Å². The molecule has 0 saturated carbocycles. The second kappa shape index (κ2) is 7.35. The molecule has 0 spiro atoms. The average Bonchev–Trinajstić information content (AvgIpc) is 2.97. The fourth-order valence-electron chi connectivity index (χ4n) is 3.94. The summed E-state index contributed by atoms with van der Waals surface area (Å²) in [7, 11) is 1.88. The Bertz CT molecular complexity index is 1100. The molecule has 2 aromatic carbocycles. The van der Waals surface area contributed by atoms with Crippen LogP contribution in [0.2, 0.25) is 0 Å². The predicted molar refractivity (Wildman–Crippen MR) is 112 cm³/mol. The van der Waals surface area contributed by atoms with Gasteiger partial charge in [0.05, 0.1) is 5.69 Å². The topological polar surface area (TPSA) is 70.5 Å². The van der Waals surface area contributed by atoms with Gasteiger partial charge in [-0.25, -0.2) is 4.39 Å². The molecule has 4 rings (SSSR count). The number of nitrogens with one attached hydrogen (secondary N) is 1. The minimum atomic E-state index is -0.458. The number of hydrogen-bond donors (Lipinski definition) is 1. The van der Waals surface area contributed by atoms with E-state index >= 15 is 0 Å². The summed E-state index contributed by atoms with van der Waals surface area (Å²) in [5.74, 6) is -0.258. The summed E-state index contributed by atoms with van der Waals surface area (Å²) in [4.78, 5) is 28.5. The molecule has 1 N–H and O–H groups in total. The van der Waals surface area contributed by atoms with Gasteiger partial charge < -0.3 is 15.1 Å². The third-order valence-electron chi connectivity index (χ3n) is 5.77. The number of rotatable bonds is 5. The Morgan fingerprint density at radius 3 is 2.21 bits per heavy atom. The third kappa shape index (κ3) is 3.39. The van der Waals surface area contributed by atoms with Crippen molar-refractivity contribution in [2.24, 2.45) is 7.05 Å². The summed E-state index contributed by atoms with van der Waals surface area (Å²) in [5.41, 5.74) is 3.92. The monoisotopic (exact) mass is 397 g/mol. The maximum atomic E-state index is 13.1. The highest BCUT2D eigenvalue weighted by molar-refractivity contribution is 5.75. The fourth-order valence-corrected chi connectivity index (χ4v) is 3.94. The lowest BCUT2D eigenvalue weighted by molar-refractivity contribution is 0.624. The van der Waals surface area contributed by atoms with E-state index in [1.165, 1.54) is 12.1 Å². The molecule has 1 aliphatic rings. The van der Waals surface area contributed by atoms with Crippen LogP contribution in [-0.4, -0.2) is 36.0 Å². The summed E-state index contributed by atoms with van der Waals surface area (Å²) in [6.45, 7) is 7.02. The van der Waals surface area contributed by atoms with Crippen LogP contribution in [0.15, 0.2) is 33.9 Å². The van der Waals surface area contributed by atoms with Gasteiger partial charge in [0.15, 0.2) is 0 Å². The van der Waals surface area contributed by atoms with E-state index in [0.717, 1.165) is 22.6 Å². The lowest BCUT2D eigenvalue weighted by Crippen LogP contribution is -2.51. The molecule has 29 heavy (non-hydrogen) atoms. The fraction of sp³-hybridized carbons (Fsp3) is 0.381. The Balaban J connectivity index is 1.45. The lowest BCUT2D eigenvalue weighted by atomic mass is 10.1. The largest absolute Gasteiger partial charge is 0.376 e. The molecule has 0 atom stereocenters. The van der Waals surface area contributed by atoms with Crippen molar-refractivity contribution in [1.29, 1.82) is 0 Å². The highest BCUT2D eigenvalue weighted by Gasteiger charge is 2.28. The van der Waals surface area contributed by atoms with Crippen molar-refractivity contribution in [2.75, 3.05) is 41.3 Å². The first kappa shape index (κ1) is 19.2. The molecule has 8 heteroatoms. The number of benzene rings is 1. The number of piperazine rings is 1. The zero-order valence-corrected chi connectivity index (χ0v) is 16.8. The molecule has 0 aliphatic carbocycles. The summed E-state index contributed by atoms with van der Waals surface area (Å²) < 4.78 is 14.9. The average molecular weight is 397 g/mol. The van der Waals surface area contributed by atoms with Gasteiger partial charge in [0.25, 0.3) is 10.9 Å². The highest BCUT2D eigenvalue weighted by atomic mass is 19.1. The Kier molecular flexibility index (Phi) is 4.86.